The number of nitrogens with zero attached hydrogens (tertiary/aromatic N) is 1. The molecule has 1 saturated heterocycles. The number of thiophene rings is 1. The zero-order chi connectivity index (χ0) is 13.7. The van der Waals surface area contributed by atoms with E-state index >= 15 is 0 Å². The summed E-state index contributed by atoms with van der Waals surface area (Å²) in [6.45, 7) is 8.08. The average Bonchev–Trinajstić information content (AvgIpc) is 2.84. The van der Waals surface area contributed by atoms with Crippen LogP contribution in [-0.2, 0) is 17.6 Å². The fourth-order valence-corrected chi connectivity index (χ4v) is 3.60. The van der Waals surface area contributed by atoms with E-state index in [-0.39, 0.29) is 0 Å². The molecule has 1 aromatic rings. The molecule has 0 saturated carbocycles. The lowest BCUT2D eigenvalue weighted by Gasteiger charge is -2.27. The van der Waals surface area contributed by atoms with Crippen LogP contribution in [0.25, 0.3) is 0 Å². The second kappa shape index (κ2) is 7.06. The minimum atomic E-state index is 0.306. The summed E-state index contributed by atoms with van der Waals surface area (Å²) in [7, 11) is 0. The topological polar surface area (TPSA) is 32.3 Å². The predicted molar refractivity (Wildman–Crippen MR) is 80.6 cm³/mol. The van der Waals surface area contributed by atoms with Gasteiger partial charge in [0, 0.05) is 42.4 Å². The molecule has 106 valence electrons. The summed E-state index contributed by atoms with van der Waals surface area (Å²) in [5.41, 5.74) is 0. The molecular formula is C15H24N2OS. The molecule has 0 atom stereocenters. The van der Waals surface area contributed by atoms with E-state index in [1.54, 1.807) is 0 Å². The molecule has 2 heterocycles. The minimum absolute atomic E-state index is 0.306. The molecular weight excluding hydrogens is 256 g/mol. The van der Waals surface area contributed by atoms with Crippen molar-refractivity contribution in [3.05, 3.63) is 21.9 Å². The highest BCUT2D eigenvalue weighted by Gasteiger charge is 2.16. The van der Waals surface area contributed by atoms with E-state index < -0.39 is 0 Å². The molecule has 19 heavy (non-hydrogen) atoms. The van der Waals surface area contributed by atoms with Crippen molar-refractivity contribution in [2.45, 2.75) is 33.1 Å². The molecule has 2 rings (SSSR count). The van der Waals surface area contributed by atoms with Gasteiger partial charge >= 0.3 is 0 Å². The number of amides is 1. The van der Waals surface area contributed by atoms with Crippen molar-refractivity contribution >= 4 is 17.2 Å². The van der Waals surface area contributed by atoms with Gasteiger partial charge in [0.1, 0.15) is 0 Å². The number of hydrogen-bond donors (Lipinski definition) is 1. The second-order valence-corrected chi connectivity index (χ2v) is 6.85. The third kappa shape index (κ3) is 4.62. The molecule has 1 aliphatic rings. The van der Waals surface area contributed by atoms with Crippen molar-refractivity contribution in [2.75, 3.05) is 26.2 Å². The van der Waals surface area contributed by atoms with Gasteiger partial charge in [0.15, 0.2) is 0 Å². The number of carbonyl (C=O) groups excluding carboxylic acids is 1. The molecule has 0 aromatic carbocycles. The standard InChI is InChI=1S/C15H24N2OS/c1-12(2)11-14-4-3-13(19-14)5-6-15(18)17-9-7-16-8-10-17/h3-4,12,16H,5-11H2,1-2H3. The third-order valence-electron chi connectivity index (χ3n) is 3.38. The van der Waals surface area contributed by atoms with Crippen LogP contribution in [0, 0.1) is 5.92 Å². The maximum atomic E-state index is 12.1. The predicted octanol–water partition coefficient (Wildman–Crippen LogP) is 2.31. The molecule has 0 spiro atoms. The maximum absolute atomic E-state index is 12.1. The number of carbonyl (C=O) groups is 1. The van der Waals surface area contributed by atoms with Crippen LogP contribution in [0.2, 0.25) is 0 Å². The number of nitrogens with one attached hydrogen (secondary N) is 1. The van der Waals surface area contributed by atoms with Gasteiger partial charge in [-0.1, -0.05) is 13.8 Å². The summed E-state index contributed by atoms with van der Waals surface area (Å²) in [5, 5.41) is 3.27. The Balaban J connectivity index is 1.78. The van der Waals surface area contributed by atoms with E-state index in [9.17, 15) is 4.79 Å². The normalized spacial score (nSPS) is 16.1. The van der Waals surface area contributed by atoms with Gasteiger partial charge in [-0.2, -0.15) is 0 Å². The molecule has 1 N–H and O–H groups in total. The molecule has 1 aliphatic heterocycles. The Morgan fingerprint density at radius 2 is 2.00 bits per heavy atom. The van der Waals surface area contributed by atoms with E-state index in [1.165, 1.54) is 9.75 Å². The lowest BCUT2D eigenvalue weighted by molar-refractivity contribution is -0.131. The van der Waals surface area contributed by atoms with Crippen LogP contribution >= 0.6 is 11.3 Å². The number of rotatable bonds is 5. The monoisotopic (exact) mass is 280 g/mol. The SMILES string of the molecule is CC(C)Cc1ccc(CCC(=O)N2CCNCC2)s1. The van der Waals surface area contributed by atoms with E-state index in [0.29, 0.717) is 18.2 Å². The first-order valence-corrected chi connectivity index (χ1v) is 8.03. The Hall–Kier alpha value is -0.870. The summed E-state index contributed by atoms with van der Waals surface area (Å²) in [4.78, 5) is 16.8. The van der Waals surface area contributed by atoms with E-state index in [0.717, 1.165) is 39.0 Å². The molecule has 0 bridgehead atoms. The number of aryl methyl sites for hydroxylation is 1. The lowest BCUT2D eigenvalue weighted by atomic mass is 10.1. The van der Waals surface area contributed by atoms with Crippen LogP contribution < -0.4 is 5.32 Å². The van der Waals surface area contributed by atoms with Gasteiger partial charge in [-0.15, -0.1) is 11.3 Å². The molecule has 1 aromatic heterocycles. The summed E-state index contributed by atoms with van der Waals surface area (Å²) in [6, 6.07) is 4.41. The third-order valence-corrected chi connectivity index (χ3v) is 4.55. The van der Waals surface area contributed by atoms with E-state index in [4.69, 9.17) is 0 Å². The Bertz CT molecular complexity index is 408. The van der Waals surface area contributed by atoms with Gasteiger partial charge in [-0.25, -0.2) is 0 Å². The highest BCUT2D eigenvalue weighted by Crippen LogP contribution is 2.21. The lowest BCUT2D eigenvalue weighted by Crippen LogP contribution is -2.46. The summed E-state index contributed by atoms with van der Waals surface area (Å²) in [6.07, 6.45) is 2.70. The largest absolute Gasteiger partial charge is 0.340 e. The van der Waals surface area contributed by atoms with Crippen molar-refractivity contribution in [1.82, 2.24) is 10.2 Å². The van der Waals surface area contributed by atoms with E-state index in [1.807, 2.05) is 16.2 Å². The Labute approximate surface area is 120 Å². The highest BCUT2D eigenvalue weighted by atomic mass is 32.1. The minimum Gasteiger partial charge on any atom is -0.340 e. The molecule has 4 heteroatoms. The second-order valence-electron chi connectivity index (χ2n) is 5.60. The summed E-state index contributed by atoms with van der Waals surface area (Å²) < 4.78 is 0. The molecule has 0 unspecified atom stereocenters. The smallest absolute Gasteiger partial charge is 0.223 e. The quantitative estimate of drug-likeness (QED) is 0.897. The fraction of sp³-hybridized carbons (Fsp3) is 0.667. The van der Waals surface area contributed by atoms with Gasteiger partial charge in [-0.05, 0) is 30.9 Å². The Kier molecular flexibility index (Phi) is 5.40. The summed E-state index contributed by atoms with van der Waals surface area (Å²) in [5.74, 6) is 1.01. The summed E-state index contributed by atoms with van der Waals surface area (Å²) >= 11 is 1.87. The van der Waals surface area contributed by atoms with Gasteiger partial charge in [0.2, 0.25) is 5.91 Å². The van der Waals surface area contributed by atoms with Crippen molar-refractivity contribution in [3.8, 4) is 0 Å². The number of hydrogen-bond acceptors (Lipinski definition) is 3. The first kappa shape index (κ1) is 14.5. The van der Waals surface area contributed by atoms with Gasteiger partial charge in [0.25, 0.3) is 0 Å². The van der Waals surface area contributed by atoms with Crippen LogP contribution in [0.3, 0.4) is 0 Å². The van der Waals surface area contributed by atoms with Gasteiger partial charge < -0.3 is 10.2 Å². The average molecular weight is 280 g/mol. The zero-order valence-electron chi connectivity index (χ0n) is 11.9. The van der Waals surface area contributed by atoms with Crippen molar-refractivity contribution in [2.24, 2.45) is 5.92 Å². The molecule has 0 radical (unpaired) electrons. The Morgan fingerprint density at radius 1 is 1.32 bits per heavy atom. The van der Waals surface area contributed by atoms with Crippen LogP contribution in [0.4, 0.5) is 0 Å². The van der Waals surface area contributed by atoms with Gasteiger partial charge in [-0.3, -0.25) is 4.79 Å². The molecule has 1 amide bonds. The van der Waals surface area contributed by atoms with Crippen molar-refractivity contribution < 1.29 is 4.79 Å². The van der Waals surface area contributed by atoms with E-state index in [2.05, 4.69) is 31.3 Å². The zero-order valence-corrected chi connectivity index (χ0v) is 12.8. The first-order chi connectivity index (χ1) is 9.15. The van der Waals surface area contributed by atoms with Crippen LogP contribution in [0.1, 0.15) is 30.0 Å². The molecule has 1 fully saturated rings. The molecule has 3 nitrogen and oxygen atoms in total. The van der Waals surface area contributed by atoms with Crippen molar-refractivity contribution in [3.63, 3.8) is 0 Å². The fourth-order valence-electron chi connectivity index (χ4n) is 2.37. The van der Waals surface area contributed by atoms with Gasteiger partial charge in [0.05, 0.1) is 0 Å². The first-order valence-electron chi connectivity index (χ1n) is 7.21. The number of piperazine rings is 1. The van der Waals surface area contributed by atoms with Crippen LogP contribution in [0.15, 0.2) is 12.1 Å². The van der Waals surface area contributed by atoms with Crippen LogP contribution in [-0.4, -0.2) is 37.0 Å². The highest BCUT2D eigenvalue weighted by molar-refractivity contribution is 7.12. The van der Waals surface area contributed by atoms with Crippen molar-refractivity contribution in [1.29, 1.82) is 0 Å². The maximum Gasteiger partial charge on any atom is 0.223 e. The molecule has 0 aliphatic carbocycles. The Morgan fingerprint density at radius 3 is 2.68 bits per heavy atom. The van der Waals surface area contributed by atoms with Crippen LogP contribution in [0.5, 0.6) is 0 Å².